The molecule has 0 atom stereocenters. The molecule has 0 spiro atoms. The highest BCUT2D eigenvalue weighted by atomic mass is 14.8. The van der Waals surface area contributed by atoms with Crippen molar-refractivity contribution in [1.29, 1.82) is 0 Å². The van der Waals surface area contributed by atoms with Gasteiger partial charge in [0.15, 0.2) is 0 Å². The zero-order chi connectivity index (χ0) is 10.1. The number of rotatable bonds is 0. The molecule has 0 saturated heterocycles. The molecule has 0 amide bonds. The van der Waals surface area contributed by atoms with Crippen LogP contribution in [0, 0.1) is 0 Å². The molecule has 0 fully saturated rings. The summed E-state index contributed by atoms with van der Waals surface area (Å²) in [6.07, 6.45) is 7.01. The van der Waals surface area contributed by atoms with Crippen molar-refractivity contribution in [3.63, 3.8) is 0 Å². The largest absolute Gasteiger partial charge is 0.244 e. The van der Waals surface area contributed by atoms with E-state index in [1.54, 1.807) is 6.33 Å². The van der Waals surface area contributed by atoms with Crippen molar-refractivity contribution in [1.82, 2.24) is 9.97 Å². The van der Waals surface area contributed by atoms with E-state index in [0.29, 0.717) is 0 Å². The average molecular weight is 196 g/mol. The maximum Gasteiger partial charge on any atom is 0.116 e. The Morgan fingerprint density at radius 3 is 2.87 bits per heavy atom. The Bertz CT molecular complexity index is 446. The number of aryl methyl sites for hydroxylation is 2. The third-order valence-corrected chi connectivity index (χ3v) is 2.95. The van der Waals surface area contributed by atoms with Crippen molar-refractivity contribution in [2.24, 2.45) is 0 Å². The van der Waals surface area contributed by atoms with Crippen LogP contribution in [0.15, 0.2) is 36.8 Å². The average Bonchev–Trinajstić information content (AvgIpc) is 2.48. The van der Waals surface area contributed by atoms with Crippen molar-refractivity contribution in [3.8, 4) is 11.3 Å². The van der Waals surface area contributed by atoms with Gasteiger partial charge in [0.25, 0.3) is 0 Å². The number of aromatic nitrogens is 2. The summed E-state index contributed by atoms with van der Waals surface area (Å²) in [5.41, 5.74) is 5.10. The Morgan fingerprint density at radius 2 is 1.87 bits per heavy atom. The fourth-order valence-electron chi connectivity index (χ4n) is 2.22. The van der Waals surface area contributed by atoms with Gasteiger partial charge in [0.05, 0.1) is 5.69 Å². The lowest BCUT2D eigenvalue weighted by molar-refractivity contribution is 0.829. The number of fused-ring (bicyclic) bond motifs is 3. The van der Waals surface area contributed by atoms with Gasteiger partial charge in [-0.15, -0.1) is 0 Å². The third kappa shape index (κ3) is 1.42. The van der Waals surface area contributed by atoms with Crippen LogP contribution in [0.1, 0.15) is 17.5 Å². The van der Waals surface area contributed by atoms with E-state index in [9.17, 15) is 0 Å². The van der Waals surface area contributed by atoms with E-state index in [-0.39, 0.29) is 0 Å². The monoisotopic (exact) mass is 196 g/mol. The van der Waals surface area contributed by atoms with Crippen molar-refractivity contribution < 1.29 is 0 Å². The van der Waals surface area contributed by atoms with Gasteiger partial charge in [0.1, 0.15) is 6.33 Å². The van der Waals surface area contributed by atoms with Gasteiger partial charge < -0.3 is 0 Å². The molecule has 2 aromatic rings. The number of hydrogen-bond acceptors (Lipinski definition) is 2. The molecule has 1 heterocycles. The second-order valence-corrected chi connectivity index (χ2v) is 3.91. The first-order valence-electron chi connectivity index (χ1n) is 5.32. The topological polar surface area (TPSA) is 25.8 Å². The quantitative estimate of drug-likeness (QED) is 0.647. The standard InChI is InChI=1S/C13H12N2/c1-2-7-12-10(4-1)5-3-6-11-8-14-9-15-13(11)12/h1-2,4,7-9H,3,5-6H2. The number of nitrogens with zero attached hydrogens (tertiary/aromatic N) is 2. The summed E-state index contributed by atoms with van der Waals surface area (Å²) in [7, 11) is 0. The van der Waals surface area contributed by atoms with Crippen LogP contribution in [0.3, 0.4) is 0 Å². The third-order valence-electron chi connectivity index (χ3n) is 2.95. The predicted molar refractivity (Wildman–Crippen MR) is 59.5 cm³/mol. The van der Waals surface area contributed by atoms with Crippen LogP contribution in [0.4, 0.5) is 0 Å². The summed E-state index contributed by atoms with van der Waals surface area (Å²) in [5, 5.41) is 0. The Morgan fingerprint density at radius 1 is 1.00 bits per heavy atom. The highest BCUT2D eigenvalue weighted by Gasteiger charge is 2.14. The zero-order valence-electron chi connectivity index (χ0n) is 8.48. The van der Waals surface area contributed by atoms with Crippen LogP contribution in [0.25, 0.3) is 11.3 Å². The van der Waals surface area contributed by atoms with Crippen LogP contribution < -0.4 is 0 Å². The summed E-state index contributed by atoms with van der Waals surface area (Å²) < 4.78 is 0. The minimum atomic E-state index is 1.09. The molecule has 0 unspecified atom stereocenters. The molecule has 2 heteroatoms. The molecule has 1 aliphatic carbocycles. The Labute approximate surface area is 89.0 Å². The number of hydrogen-bond donors (Lipinski definition) is 0. The van der Waals surface area contributed by atoms with Crippen molar-refractivity contribution in [2.75, 3.05) is 0 Å². The van der Waals surface area contributed by atoms with E-state index >= 15 is 0 Å². The predicted octanol–water partition coefficient (Wildman–Crippen LogP) is 2.63. The molecular formula is C13H12N2. The molecule has 1 aliphatic rings. The maximum atomic E-state index is 4.41. The maximum absolute atomic E-state index is 4.41. The minimum absolute atomic E-state index is 1.09. The van der Waals surface area contributed by atoms with Gasteiger partial charge in [-0.1, -0.05) is 24.3 Å². The second-order valence-electron chi connectivity index (χ2n) is 3.91. The summed E-state index contributed by atoms with van der Waals surface area (Å²) in [6, 6.07) is 8.54. The first kappa shape index (κ1) is 8.60. The molecule has 1 aromatic carbocycles. The zero-order valence-corrected chi connectivity index (χ0v) is 8.48. The van der Waals surface area contributed by atoms with E-state index in [0.717, 1.165) is 18.5 Å². The molecule has 3 rings (SSSR count). The molecule has 0 saturated carbocycles. The smallest absolute Gasteiger partial charge is 0.116 e. The molecule has 0 radical (unpaired) electrons. The molecule has 0 bridgehead atoms. The van der Waals surface area contributed by atoms with E-state index in [1.807, 2.05) is 6.20 Å². The summed E-state index contributed by atoms with van der Waals surface area (Å²) in [6.45, 7) is 0. The van der Waals surface area contributed by atoms with Crippen LogP contribution in [-0.2, 0) is 12.8 Å². The summed E-state index contributed by atoms with van der Waals surface area (Å²) in [4.78, 5) is 8.51. The highest BCUT2D eigenvalue weighted by Crippen LogP contribution is 2.29. The van der Waals surface area contributed by atoms with Crippen molar-refractivity contribution in [3.05, 3.63) is 47.9 Å². The van der Waals surface area contributed by atoms with Crippen molar-refractivity contribution >= 4 is 0 Å². The lowest BCUT2D eigenvalue weighted by atomic mass is 10.0. The minimum Gasteiger partial charge on any atom is -0.244 e. The summed E-state index contributed by atoms with van der Waals surface area (Å²) in [5.74, 6) is 0. The van der Waals surface area contributed by atoms with Gasteiger partial charge in [-0.25, -0.2) is 9.97 Å². The van der Waals surface area contributed by atoms with E-state index < -0.39 is 0 Å². The molecule has 74 valence electrons. The SMILES string of the molecule is c1ccc2c(c1)CCCc1cncnc1-2. The normalized spacial score (nSPS) is 13.9. The first-order valence-corrected chi connectivity index (χ1v) is 5.32. The molecule has 1 aromatic heterocycles. The highest BCUT2D eigenvalue weighted by molar-refractivity contribution is 5.67. The fraction of sp³-hybridized carbons (Fsp3) is 0.231. The van der Waals surface area contributed by atoms with Gasteiger partial charge in [-0.3, -0.25) is 0 Å². The second kappa shape index (κ2) is 3.46. The molecule has 0 N–H and O–H groups in total. The first-order chi connectivity index (χ1) is 7.45. The van der Waals surface area contributed by atoms with Gasteiger partial charge in [-0.05, 0) is 30.4 Å². The number of benzene rings is 1. The molecule has 0 aliphatic heterocycles. The van der Waals surface area contributed by atoms with Crippen LogP contribution >= 0.6 is 0 Å². The van der Waals surface area contributed by atoms with Crippen molar-refractivity contribution in [2.45, 2.75) is 19.3 Å². The lowest BCUT2D eigenvalue weighted by Gasteiger charge is -2.06. The van der Waals surface area contributed by atoms with Gasteiger partial charge >= 0.3 is 0 Å². The Kier molecular flexibility index (Phi) is 1.98. The fourth-order valence-corrected chi connectivity index (χ4v) is 2.22. The van der Waals surface area contributed by atoms with Gasteiger partial charge in [0.2, 0.25) is 0 Å². The molecular weight excluding hydrogens is 184 g/mol. The summed E-state index contributed by atoms with van der Waals surface area (Å²) >= 11 is 0. The Hall–Kier alpha value is -1.70. The van der Waals surface area contributed by atoms with Gasteiger partial charge in [-0.2, -0.15) is 0 Å². The Balaban J connectivity index is 2.27. The lowest BCUT2D eigenvalue weighted by Crippen LogP contribution is -1.92. The van der Waals surface area contributed by atoms with Crippen LogP contribution in [-0.4, -0.2) is 9.97 Å². The van der Waals surface area contributed by atoms with E-state index in [1.165, 1.54) is 23.1 Å². The molecule has 2 nitrogen and oxygen atoms in total. The van der Waals surface area contributed by atoms with E-state index in [4.69, 9.17) is 0 Å². The van der Waals surface area contributed by atoms with E-state index in [2.05, 4.69) is 34.2 Å². The molecule has 15 heavy (non-hydrogen) atoms. The van der Waals surface area contributed by atoms with Crippen LogP contribution in [0.2, 0.25) is 0 Å². The van der Waals surface area contributed by atoms with Crippen LogP contribution in [0.5, 0.6) is 0 Å². The van der Waals surface area contributed by atoms with Gasteiger partial charge in [0, 0.05) is 11.8 Å².